The van der Waals surface area contributed by atoms with Crippen LogP contribution in [0.2, 0.25) is 0 Å². The van der Waals surface area contributed by atoms with Crippen LogP contribution in [0.3, 0.4) is 0 Å². The van der Waals surface area contributed by atoms with E-state index in [0.717, 1.165) is 26.1 Å². The number of rotatable bonds is 6. The third-order valence-electron chi connectivity index (χ3n) is 4.84. The lowest BCUT2D eigenvalue weighted by atomic mass is 9.85. The largest absolute Gasteiger partial charge is 0.329 e. The Morgan fingerprint density at radius 1 is 1.21 bits per heavy atom. The predicted octanol–water partition coefficient (Wildman–Crippen LogP) is 3.34. The van der Waals surface area contributed by atoms with Crippen molar-refractivity contribution in [1.82, 2.24) is 4.90 Å². The molecule has 1 aromatic rings. The Bertz CT molecular complexity index is 396. The second-order valence-electron chi connectivity index (χ2n) is 5.83. The topological polar surface area (TPSA) is 29.3 Å². The van der Waals surface area contributed by atoms with Gasteiger partial charge in [-0.25, -0.2) is 0 Å². The second-order valence-corrected chi connectivity index (χ2v) is 5.83. The van der Waals surface area contributed by atoms with Crippen LogP contribution in [-0.4, -0.2) is 23.5 Å². The van der Waals surface area contributed by atoms with Crippen molar-refractivity contribution in [1.29, 1.82) is 0 Å². The molecule has 1 aliphatic rings. The minimum atomic E-state index is 0.212. The third-order valence-corrected chi connectivity index (χ3v) is 4.84. The molecule has 0 aliphatic carbocycles. The maximum absolute atomic E-state index is 6.17. The van der Waals surface area contributed by atoms with E-state index in [9.17, 15) is 0 Å². The van der Waals surface area contributed by atoms with Crippen molar-refractivity contribution < 1.29 is 0 Å². The first-order valence-electron chi connectivity index (χ1n) is 7.77. The van der Waals surface area contributed by atoms with Gasteiger partial charge in [0.2, 0.25) is 0 Å². The summed E-state index contributed by atoms with van der Waals surface area (Å²) >= 11 is 0. The Morgan fingerprint density at radius 3 is 2.58 bits per heavy atom. The van der Waals surface area contributed by atoms with Crippen LogP contribution in [0.15, 0.2) is 24.3 Å². The average Bonchev–Trinajstić information content (AvgIpc) is 2.49. The number of hydrogen-bond acceptors (Lipinski definition) is 2. The summed E-state index contributed by atoms with van der Waals surface area (Å²) in [6.45, 7) is 7.58. The van der Waals surface area contributed by atoms with Crippen molar-refractivity contribution >= 4 is 0 Å². The molecule has 19 heavy (non-hydrogen) atoms. The quantitative estimate of drug-likeness (QED) is 0.850. The summed E-state index contributed by atoms with van der Waals surface area (Å²) in [6.07, 6.45) is 6.10. The normalized spacial score (nSPS) is 18.9. The van der Waals surface area contributed by atoms with Crippen LogP contribution in [0.1, 0.15) is 50.7 Å². The molecule has 1 aromatic carbocycles. The lowest BCUT2D eigenvalue weighted by molar-refractivity contribution is 0.0646. The molecule has 2 N–H and O–H groups in total. The molecule has 2 heteroatoms. The van der Waals surface area contributed by atoms with Gasteiger partial charge in [-0.15, -0.1) is 0 Å². The van der Waals surface area contributed by atoms with Gasteiger partial charge in [-0.3, -0.25) is 4.90 Å². The number of benzene rings is 1. The Kier molecular flexibility index (Phi) is 5.00. The summed E-state index contributed by atoms with van der Waals surface area (Å²) in [7, 11) is 0. The molecule has 2 rings (SSSR count). The van der Waals surface area contributed by atoms with Crippen LogP contribution in [0.25, 0.3) is 0 Å². The summed E-state index contributed by atoms with van der Waals surface area (Å²) in [5, 5.41) is 0. The van der Waals surface area contributed by atoms with Gasteiger partial charge in [0.1, 0.15) is 0 Å². The molecule has 0 radical (unpaired) electrons. The highest BCUT2D eigenvalue weighted by atomic mass is 15.2. The van der Waals surface area contributed by atoms with Crippen molar-refractivity contribution in [3.05, 3.63) is 35.4 Å². The monoisotopic (exact) mass is 260 g/mol. The molecule has 0 saturated carbocycles. The molecule has 1 atom stereocenters. The van der Waals surface area contributed by atoms with Gasteiger partial charge in [0.25, 0.3) is 0 Å². The highest BCUT2D eigenvalue weighted by Gasteiger charge is 2.34. The molecule has 0 bridgehead atoms. The Morgan fingerprint density at radius 2 is 1.95 bits per heavy atom. The maximum Gasteiger partial charge on any atom is 0.0332 e. The molecule has 1 unspecified atom stereocenters. The first-order valence-corrected chi connectivity index (χ1v) is 7.77. The Hall–Kier alpha value is -0.860. The van der Waals surface area contributed by atoms with Crippen molar-refractivity contribution in [3.63, 3.8) is 0 Å². The fraction of sp³-hybridized carbons (Fsp3) is 0.647. The first-order chi connectivity index (χ1) is 9.25. The molecule has 0 saturated heterocycles. The maximum atomic E-state index is 6.17. The number of fused-ring (bicyclic) bond motifs is 1. The van der Waals surface area contributed by atoms with Gasteiger partial charge in [0.05, 0.1) is 0 Å². The van der Waals surface area contributed by atoms with Crippen LogP contribution in [-0.2, 0) is 13.0 Å². The standard InChI is InChI=1S/C17H28N2/c1-3-5-11-17(4-2,14-18)19-12-10-15-8-6-7-9-16(15)13-19/h6-9H,3-5,10-14,18H2,1-2H3. The highest BCUT2D eigenvalue weighted by Crippen LogP contribution is 2.31. The third kappa shape index (κ3) is 3.01. The van der Waals surface area contributed by atoms with Crippen LogP contribution in [0.4, 0.5) is 0 Å². The van der Waals surface area contributed by atoms with Crippen molar-refractivity contribution in [2.45, 2.75) is 58.0 Å². The van der Waals surface area contributed by atoms with Gasteiger partial charge in [-0.2, -0.15) is 0 Å². The number of hydrogen-bond donors (Lipinski definition) is 1. The van der Waals surface area contributed by atoms with E-state index in [-0.39, 0.29) is 5.54 Å². The smallest absolute Gasteiger partial charge is 0.0332 e. The van der Waals surface area contributed by atoms with Gasteiger partial charge in [-0.05, 0) is 30.4 Å². The zero-order valence-corrected chi connectivity index (χ0v) is 12.5. The van der Waals surface area contributed by atoms with Gasteiger partial charge >= 0.3 is 0 Å². The molecule has 0 amide bonds. The molecular weight excluding hydrogens is 232 g/mol. The van der Waals surface area contributed by atoms with E-state index in [0.29, 0.717) is 0 Å². The van der Waals surface area contributed by atoms with E-state index in [2.05, 4.69) is 43.0 Å². The fourth-order valence-electron chi connectivity index (χ4n) is 3.34. The van der Waals surface area contributed by atoms with Crippen LogP contribution < -0.4 is 5.73 Å². The van der Waals surface area contributed by atoms with Crippen molar-refractivity contribution in [3.8, 4) is 0 Å². The highest BCUT2D eigenvalue weighted by molar-refractivity contribution is 5.29. The molecular formula is C17H28N2. The Labute approximate surface area is 118 Å². The Balaban J connectivity index is 2.16. The zero-order valence-electron chi connectivity index (χ0n) is 12.5. The van der Waals surface area contributed by atoms with Crippen molar-refractivity contribution in [2.75, 3.05) is 13.1 Å². The summed E-state index contributed by atoms with van der Waals surface area (Å²) in [5.41, 5.74) is 9.40. The lowest BCUT2D eigenvalue weighted by Crippen LogP contribution is -2.55. The van der Waals surface area contributed by atoms with E-state index in [4.69, 9.17) is 5.73 Å². The van der Waals surface area contributed by atoms with Gasteiger partial charge < -0.3 is 5.73 Å². The van der Waals surface area contributed by atoms with E-state index >= 15 is 0 Å². The first kappa shape index (κ1) is 14.5. The van der Waals surface area contributed by atoms with Gasteiger partial charge in [0.15, 0.2) is 0 Å². The summed E-state index contributed by atoms with van der Waals surface area (Å²) < 4.78 is 0. The minimum absolute atomic E-state index is 0.212. The zero-order chi connectivity index (χ0) is 13.7. The van der Waals surface area contributed by atoms with E-state index in [1.54, 1.807) is 0 Å². The second kappa shape index (κ2) is 6.53. The molecule has 0 fully saturated rings. The SMILES string of the molecule is CCCCC(CC)(CN)N1CCc2ccccc2C1. The lowest BCUT2D eigenvalue weighted by Gasteiger charge is -2.45. The van der Waals surface area contributed by atoms with Crippen LogP contribution in [0, 0.1) is 0 Å². The predicted molar refractivity (Wildman–Crippen MR) is 82.2 cm³/mol. The number of nitrogens with zero attached hydrogens (tertiary/aromatic N) is 1. The number of nitrogens with two attached hydrogens (primary N) is 1. The molecule has 1 aliphatic heterocycles. The van der Waals surface area contributed by atoms with E-state index in [1.807, 2.05) is 0 Å². The minimum Gasteiger partial charge on any atom is -0.329 e. The molecule has 0 spiro atoms. The fourth-order valence-corrected chi connectivity index (χ4v) is 3.34. The molecule has 2 nitrogen and oxygen atoms in total. The van der Waals surface area contributed by atoms with E-state index < -0.39 is 0 Å². The summed E-state index contributed by atoms with van der Waals surface area (Å²) in [4.78, 5) is 2.64. The molecule has 0 aromatic heterocycles. The van der Waals surface area contributed by atoms with Crippen molar-refractivity contribution in [2.24, 2.45) is 5.73 Å². The average molecular weight is 260 g/mol. The molecule has 106 valence electrons. The van der Waals surface area contributed by atoms with Gasteiger partial charge in [0, 0.05) is 25.2 Å². The van der Waals surface area contributed by atoms with Crippen LogP contribution >= 0.6 is 0 Å². The molecule has 1 heterocycles. The van der Waals surface area contributed by atoms with Gasteiger partial charge in [-0.1, -0.05) is 51.0 Å². The summed E-state index contributed by atoms with van der Waals surface area (Å²) in [5.74, 6) is 0. The summed E-state index contributed by atoms with van der Waals surface area (Å²) in [6, 6.07) is 8.86. The van der Waals surface area contributed by atoms with E-state index in [1.165, 1.54) is 36.8 Å². The van der Waals surface area contributed by atoms with Crippen LogP contribution in [0.5, 0.6) is 0 Å². The number of unbranched alkanes of at least 4 members (excludes halogenated alkanes) is 1.